The summed E-state index contributed by atoms with van der Waals surface area (Å²) in [6, 6.07) is 7.93. The summed E-state index contributed by atoms with van der Waals surface area (Å²) in [5, 5.41) is 6.64. The van der Waals surface area contributed by atoms with Crippen LogP contribution in [-0.2, 0) is 9.47 Å². The predicted octanol–water partition coefficient (Wildman–Crippen LogP) is 3.83. The maximum Gasteiger partial charge on any atom is 0.195 e. The fourth-order valence-corrected chi connectivity index (χ4v) is 2.60. The van der Waals surface area contributed by atoms with E-state index in [0.717, 1.165) is 63.0 Å². The van der Waals surface area contributed by atoms with Gasteiger partial charge >= 0.3 is 0 Å². The molecule has 0 bridgehead atoms. The van der Waals surface area contributed by atoms with Crippen LogP contribution in [0.3, 0.4) is 0 Å². The molecule has 0 amide bonds. The molecule has 1 aliphatic heterocycles. The molecule has 1 aromatic rings. The zero-order valence-electron chi connectivity index (χ0n) is 16.3. The van der Waals surface area contributed by atoms with Gasteiger partial charge in [0.05, 0.1) is 19.8 Å². The van der Waals surface area contributed by atoms with Gasteiger partial charge in [-0.05, 0) is 31.9 Å². The molecule has 0 atom stereocenters. The smallest absolute Gasteiger partial charge is 0.195 e. The predicted molar refractivity (Wildman–Crippen MR) is 122 cm³/mol. The van der Waals surface area contributed by atoms with Gasteiger partial charge in [-0.2, -0.15) is 0 Å². The molecule has 0 spiro atoms. The van der Waals surface area contributed by atoms with Crippen LogP contribution < -0.4 is 15.4 Å². The van der Waals surface area contributed by atoms with Gasteiger partial charge in [-0.25, -0.2) is 0 Å². The minimum atomic E-state index is 0. The first kappa shape index (κ1) is 23.7. The van der Waals surface area contributed by atoms with Crippen LogP contribution in [0.2, 0.25) is 0 Å². The number of hydrogen-bond donors (Lipinski definition) is 2. The fourth-order valence-electron chi connectivity index (χ4n) is 2.60. The van der Waals surface area contributed by atoms with Crippen molar-refractivity contribution in [2.24, 2.45) is 4.99 Å². The van der Waals surface area contributed by atoms with Crippen LogP contribution in [0.25, 0.3) is 0 Å². The molecule has 0 unspecified atom stereocenters. The number of ether oxygens (including phenoxy) is 3. The van der Waals surface area contributed by atoms with Crippen LogP contribution in [0.5, 0.6) is 5.75 Å². The van der Waals surface area contributed by atoms with Gasteiger partial charge < -0.3 is 24.8 Å². The molecule has 2 N–H and O–H groups in total. The number of nitrogens with zero attached hydrogens (tertiary/aromatic N) is 1. The van der Waals surface area contributed by atoms with Gasteiger partial charge in [0.15, 0.2) is 5.96 Å². The topological polar surface area (TPSA) is 64.1 Å². The molecule has 0 fully saturated rings. The Kier molecular flexibility index (Phi) is 12.9. The maximum atomic E-state index is 5.75. The zero-order valence-corrected chi connectivity index (χ0v) is 18.7. The quantitative estimate of drug-likeness (QED) is 0.172. The number of hydrogen-bond acceptors (Lipinski definition) is 4. The van der Waals surface area contributed by atoms with Crippen LogP contribution in [0, 0.1) is 0 Å². The summed E-state index contributed by atoms with van der Waals surface area (Å²) in [4.78, 5) is 4.67. The van der Waals surface area contributed by atoms with E-state index in [2.05, 4.69) is 28.6 Å². The molecule has 7 heteroatoms. The van der Waals surface area contributed by atoms with Crippen molar-refractivity contribution in [1.29, 1.82) is 0 Å². The molecule has 6 nitrogen and oxygen atoms in total. The summed E-state index contributed by atoms with van der Waals surface area (Å²) >= 11 is 0. The fraction of sp³-hybridized carbons (Fsp3) is 0.550. The summed E-state index contributed by atoms with van der Waals surface area (Å²) in [7, 11) is 1.70. The third-order valence-electron chi connectivity index (χ3n) is 3.96. The number of aliphatic imine (C=N–C) groups is 1. The van der Waals surface area contributed by atoms with Crippen molar-refractivity contribution in [3.8, 4) is 5.75 Å². The SMILES string of the molecule is CCNC(=NCCC1=CCOCC1)Nc1cccc(OCCCOC)c1.I. The summed E-state index contributed by atoms with van der Waals surface area (Å²) in [5.74, 6) is 1.63. The molecule has 0 aromatic heterocycles. The Bertz CT molecular complexity index is 594. The molecule has 152 valence electrons. The molecule has 1 heterocycles. The Labute approximate surface area is 179 Å². The molecule has 1 aliphatic rings. The van der Waals surface area contributed by atoms with Crippen LogP contribution >= 0.6 is 24.0 Å². The molecule has 0 aliphatic carbocycles. The number of rotatable bonds is 10. The Hall–Kier alpha value is -1.32. The Morgan fingerprint density at radius 2 is 2.19 bits per heavy atom. The first-order valence-corrected chi connectivity index (χ1v) is 9.34. The second kappa shape index (κ2) is 14.7. The number of anilines is 1. The lowest BCUT2D eigenvalue weighted by Gasteiger charge is -2.14. The molecule has 0 saturated heterocycles. The maximum absolute atomic E-state index is 5.75. The minimum Gasteiger partial charge on any atom is -0.493 e. The highest BCUT2D eigenvalue weighted by atomic mass is 127. The highest BCUT2D eigenvalue weighted by Gasteiger charge is 2.04. The first-order chi connectivity index (χ1) is 12.8. The van der Waals surface area contributed by atoms with E-state index >= 15 is 0 Å². The van der Waals surface area contributed by atoms with Crippen molar-refractivity contribution < 1.29 is 14.2 Å². The molecule has 0 saturated carbocycles. The van der Waals surface area contributed by atoms with E-state index in [0.29, 0.717) is 13.2 Å². The third-order valence-corrected chi connectivity index (χ3v) is 3.96. The summed E-state index contributed by atoms with van der Waals surface area (Å²) < 4.78 is 16.1. The van der Waals surface area contributed by atoms with Gasteiger partial charge in [-0.1, -0.05) is 17.7 Å². The normalized spacial score (nSPS) is 14.1. The summed E-state index contributed by atoms with van der Waals surface area (Å²) in [6.45, 7) is 6.54. The number of benzene rings is 1. The van der Waals surface area contributed by atoms with Crippen molar-refractivity contribution in [3.05, 3.63) is 35.9 Å². The standard InChI is InChI=1S/C20H31N3O3.HI/c1-3-21-20(22-11-8-17-9-14-25-15-10-17)23-18-6-4-7-19(16-18)26-13-5-12-24-2;/h4,6-7,9,16H,3,5,8,10-15H2,1-2H3,(H2,21,22,23);1H. The van der Waals surface area contributed by atoms with E-state index in [1.165, 1.54) is 5.57 Å². The minimum absolute atomic E-state index is 0. The lowest BCUT2D eigenvalue weighted by atomic mass is 10.1. The van der Waals surface area contributed by atoms with Crippen molar-refractivity contribution in [1.82, 2.24) is 5.32 Å². The number of halogens is 1. The van der Waals surface area contributed by atoms with Crippen molar-refractivity contribution in [2.75, 3.05) is 51.9 Å². The van der Waals surface area contributed by atoms with E-state index in [1.54, 1.807) is 7.11 Å². The van der Waals surface area contributed by atoms with Gasteiger partial charge in [-0.15, -0.1) is 24.0 Å². The Morgan fingerprint density at radius 3 is 2.93 bits per heavy atom. The van der Waals surface area contributed by atoms with Crippen LogP contribution in [0.15, 0.2) is 40.9 Å². The molecular weight excluding hydrogens is 457 g/mol. The van der Waals surface area contributed by atoms with Gasteiger partial charge in [0.1, 0.15) is 5.75 Å². The lowest BCUT2D eigenvalue weighted by molar-refractivity contribution is 0.153. The third kappa shape index (κ3) is 9.97. The summed E-state index contributed by atoms with van der Waals surface area (Å²) in [6.07, 6.45) is 5.04. The molecule has 0 radical (unpaired) electrons. The second-order valence-electron chi connectivity index (χ2n) is 6.05. The van der Waals surface area contributed by atoms with E-state index in [4.69, 9.17) is 14.2 Å². The number of nitrogens with one attached hydrogen (secondary N) is 2. The van der Waals surface area contributed by atoms with Crippen molar-refractivity contribution in [2.45, 2.75) is 26.2 Å². The van der Waals surface area contributed by atoms with Crippen LogP contribution in [0.1, 0.15) is 26.2 Å². The van der Waals surface area contributed by atoms with Gasteiger partial charge in [0, 0.05) is 45.0 Å². The van der Waals surface area contributed by atoms with E-state index in [-0.39, 0.29) is 24.0 Å². The van der Waals surface area contributed by atoms with Gasteiger partial charge in [0.25, 0.3) is 0 Å². The van der Waals surface area contributed by atoms with Crippen molar-refractivity contribution >= 4 is 35.6 Å². The average molecular weight is 489 g/mol. The van der Waals surface area contributed by atoms with E-state index in [9.17, 15) is 0 Å². The van der Waals surface area contributed by atoms with E-state index in [1.807, 2.05) is 24.3 Å². The summed E-state index contributed by atoms with van der Waals surface area (Å²) in [5.41, 5.74) is 2.39. The molecule has 2 rings (SSSR count). The number of guanidine groups is 1. The Morgan fingerprint density at radius 1 is 1.30 bits per heavy atom. The first-order valence-electron chi connectivity index (χ1n) is 9.34. The highest BCUT2D eigenvalue weighted by Crippen LogP contribution is 2.17. The molecular formula is C20H32IN3O3. The van der Waals surface area contributed by atoms with Gasteiger partial charge in [-0.3, -0.25) is 4.99 Å². The van der Waals surface area contributed by atoms with E-state index < -0.39 is 0 Å². The highest BCUT2D eigenvalue weighted by molar-refractivity contribution is 14.0. The monoisotopic (exact) mass is 489 g/mol. The Balaban J connectivity index is 0.00000364. The zero-order chi connectivity index (χ0) is 18.5. The average Bonchev–Trinajstić information content (AvgIpc) is 2.67. The van der Waals surface area contributed by atoms with Crippen molar-refractivity contribution in [3.63, 3.8) is 0 Å². The van der Waals surface area contributed by atoms with Gasteiger partial charge in [0.2, 0.25) is 0 Å². The molecule has 27 heavy (non-hydrogen) atoms. The number of methoxy groups -OCH3 is 1. The second-order valence-corrected chi connectivity index (χ2v) is 6.05. The largest absolute Gasteiger partial charge is 0.493 e. The van der Waals surface area contributed by atoms with Crippen LogP contribution in [0.4, 0.5) is 5.69 Å². The van der Waals surface area contributed by atoms with Crippen LogP contribution in [-0.4, -0.2) is 52.6 Å². The lowest BCUT2D eigenvalue weighted by Crippen LogP contribution is -2.30. The molecule has 1 aromatic carbocycles.